The Balaban J connectivity index is 1.71. The topological polar surface area (TPSA) is 71.5 Å². The third-order valence-corrected chi connectivity index (χ3v) is 4.63. The van der Waals surface area contributed by atoms with Crippen LogP contribution in [0.2, 0.25) is 0 Å². The van der Waals surface area contributed by atoms with Gasteiger partial charge in [0, 0.05) is 13.1 Å². The van der Waals surface area contributed by atoms with Gasteiger partial charge >= 0.3 is 5.97 Å². The van der Waals surface area contributed by atoms with Crippen LogP contribution in [0.25, 0.3) is 0 Å². The number of esters is 1. The Hall–Kier alpha value is -2.89. The number of likely N-dealkylation sites (tertiary alicyclic amines) is 1. The number of anilines is 2. The second-order valence-corrected chi connectivity index (χ2v) is 6.82. The van der Waals surface area contributed by atoms with Gasteiger partial charge in [-0.15, -0.1) is 0 Å². The van der Waals surface area contributed by atoms with Gasteiger partial charge in [-0.1, -0.05) is 19.1 Å². The summed E-state index contributed by atoms with van der Waals surface area (Å²) in [6.07, 6.45) is 3.82. The lowest BCUT2D eigenvalue weighted by molar-refractivity contribution is 0.0527. The number of hydrogen-bond donors (Lipinski definition) is 1. The maximum Gasteiger partial charge on any atom is 0.340 e. The van der Waals surface area contributed by atoms with Crippen LogP contribution in [0.1, 0.15) is 47.5 Å². The van der Waals surface area contributed by atoms with Gasteiger partial charge in [0.25, 0.3) is 5.91 Å². The van der Waals surface area contributed by atoms with Crippen molar-refractivity contribution in [1.82, 2.24) is 9.88 Å². The monoisotopic (exact) mass is 367 g/mol. The van der Waals surface area contributed by atoms with E-state index in [0.29, 0.717) is 35.2 Å². The van der Waals surface area contributed by atoms with Gasteiger partial charge in [-0.3, -0.25) is 4.79 Å². The van der Waals surface area contributed by atoms with Gasteiger partial charge < -0.3 is 15.0 Å². The van der Waals surface area contributed by atoms with E-state index >= 15 is 0 Å². The summed E-state index contributed by atoms with van der Waals surface area (Å²) in [4.78, 5) is 30.9. The average Bonchev–Trinajstić information content (AvgIpc) is 2.68. The maximum absolute atomic E-state index is 12.6. The van der Waals surface area contributed by atoms with Crippen molar-refractivity contribution >= 4 is 23.3 Å². The van der Waals surface area contributed by atoms with Gasteiger partial charge in [0.1, 0.15) is 5.69 Å². The summed E-state index contributed by atoms with van der Waals surface area (Å²) in [6.45, 7) is 5.84. The van der Waals surface area contributed by atoms with Crippen LogP contribution in [0.3, 0.4) is 0 Å². The zero-order valence-corrected chi connectivity index (χ0v) is 15.8. The fourth-order valence-electron chi connectivity index (χ4n) is 3.26. The highest BCUT2D eigenvalue weighted by Crippen LogP contribution is 2.22. The molecule has 0 aliphatic carbocycles. The highest BCUT2D eigenvalue weighted by molar-refractivity contribution is 5.96. The number of ether oxygens (including phenoxy) is 1. The molecule has 1 saturated heterocycles. The summed E-state index contributed by atoms with van der Waals surface area (Å²) >= 11 is 0. The van der Waals surface area contributed by atoms with Crippen LogP contribution in [0.4, 0.5) is 11.4 Å². The van der Waals surface area contributed by atoms with Gasteiger partial charge in [0.15, 0.2) is 0 Å². The molecular formula is C21H25N3O3. The Morgan fingerprint density at radius 3 is 2.78 bits per heavy atom. The summed E-state index contributed by atoms with van der Waals surface area (Å²) in [5.41, 5.74) is 2.24. The van der Waals surface area contributed by atoms with Crippen LogP contribution >= 0.6 is 0 Å². The zero-order chi connectivity index (χ0) is 19.2. The molecule has 1 aromatic carbocycles. The van der Waals surface area contributed by atoms with E-state index in [2.05, 4.69) is 17.2 Å². The second kappa shape index (κ2) is 8.66. The molecule has 3 rings (SSSR count). The average molecular weight is 367 g/mol. The predicted molar refractivity (Wildman–Crippen MR) is 104 cm³/mol. The van der Waals surface area contributed by atoms with Crippen molar-refractivity contribution in [1.29, 1.82) is 0 Å². The van der Waals surface area contributed by atoms with Crippen molar-refractivity contribution < 1.29 is 14.3 Å². The number of benzene rings is 1. The number of para-hydroxylation sites is 1. The van der Waals surface area contributed by atoms with Crippen molar-refractivity contribution in [2.75, 3.05) is 25.0 Å². The minimum Gasteiger partial charge on any atom is -0.462 e. The lowest BCUT2D eigenvalue weighted by Gasteiger charge is -2.30. The van der Waals surface area contributed by atoms with E-state index in [0.717, 1.165) is 19.5 Å². The van der Waals surface area contributed by atoms with Crippen molar-refractivity contribution in [3.8, 4) is 0 Å². The first-order valence-corrected chi connectivity index (χ1v) is 9.37. The minimum absolute atomic E-state index is 0.0278. The summed E-state index contributed by atoms with van der Waals surface area (Å²) in [5.74, 6) is 0.127. The van der Waals surface area contributed by atoms with Gasteiger partial charge in [0.2, 0.25) is 0 Å². The van der Waals surface area contributed by atoms with Gasteiger partial charge in [-0.25, -0.2) is 9.78 Å². The first-order valence-electron chi connectivity index (χ1n) is 9.37. The molecular weight excluding hydrogens is 342 g/mol. The van der Waals surface area contributed by atoms with Crippen LogP contribution in [-0.2, 0) is 4.74 Å². The number of pyridine rings is 1. The van der Waals surface area contributed by atoms with Crippen LogP contribution in [0.5, 0.6) is 0 Å². The number of nitrogens with zero attached hydrogens (tertiary/aromatic N) is 2. The van der Waals surface area contributed by atoms with Crippen molar-refractivity contribution in [2.45, 2.75) is 26.7 Å². The number of nitrogens with one attached hydrogen (secondary N) is 1. The molecule has 1 unspecified atom stereocenters. The standard InChI is InChI=1S/C21H25N3O3/c1-3-27-21(26)17-8-4-5-9-18(17)23-16-10-11-19(22-13-16)20(25)24-12-6-7-15(2)14-24/h4-5,8-11,13,15,23H,3,6-7,12,14H2,1-2H3. The van der Waals surface area contributed by atoms with Crippen molar-refractivity contribution in [3.05, 3.63) is 53.9 Å². The lowest BCUT2D eigenvalue weighted by atomic mass is 10.00. The van der Waals surface area contributed by atoms with E-state index in [9.17, 15) is 9.59 Å². The molecule has 1 aromatic heterocycles. The highest BCUT2D eigenvalue weighted by atomic mass is 16.5. The van der Waals surface area contributed by atoms with Crippen LogP contribution in [0.15, 0.2) is 42.6 Å². The van der Waals surface area contributed by atoms with E-state index in [1.807, 2.05) is 11.0 Å². The van der Waals surface area contributed by atoms with Crippen molar-refractivity contribution in [3.63, 3.8) is 0 Å². The molecule has 142 valence electrons. The van der Waals surface area contributed by atoms with Gasteiger partial charge in [-0.05, 0) is 49.9 Å². The Labute approximate surface area is 159 Å². The fourth-order valence-corrected chi connectivity index (χ4v) is 3.26. The van der Waals surface area contributed by atoms with Crippen molar-refractivity contribution in [2.24, 2.45) is 5.92 Å². The number of piperidine rings is 1. The molecule has 0 spiro atoms. The number of rotatable bonds is 5. The summed E-state index contributed by atoms with van der Waals surface area (Å²) < 4.78 is 5.09. The highest BCUT2D eigenvalue weighted by Gasteiger charge is 2.22. The molecule has 0 saturated carbocycles. The first kappa shape index (κ1) is 18.9. The molecule has 1 atom stereocenters. The Morgan fingerprint density at radius 1 is 1.26 bits per heavy atom. The molecule has 1 amide bonds. The molecule has 6 heteroatoms. The normalized spacial score (nSPS) is 16.7. The molecule has 6 nitrogen and oxygen atoms in total. The lowest BCUT2D eigenvalue weighted by Crippen LogP contribution is -2.39. The molecule has 2 aromatic rings. The smallest absolute Gasteiger partial charge is 0.340 e. The van der Waals surface area contributed by atoms with E-state index in [-0.39, 0.29) is 11.9 Å². The summed E-state index contributed by atoms with van der Waals surface area (Å²) in [6, 6.07) is 10.7. The molecule has 1 fully saturated rings. The molecule has 1 aliphatic heterocycles. The number of hydrogen-bond acceptors (Lipinski definition) is 5. The number of carbonyl (C=O) groups is 2. The molecule has 2 heterocycles. The Kier molecular flexibility index (Phi) is 6.06. The predicted octanol–water partition coefficient (Wildman–Crippen LogP) is 3.87. The van der Waals surface area contributed by atoms with Crippen LogP contribution in [0, 0.1) is 5.92 Å². The van der Waals surface area contributed by atoms with Gasteiger partial charge in [-0.2, -0.15) is 0 Å². The quantitative estimate of drug-likeness (QED) is 0.812. The first-order chi connectivity index (χ1) is 13.1. The van der Waals surface area contributed by atoms with Crippen LogP contribution < -0.4 is 5.32 Å². The third-order valence-electron chi connectivity index (χ3n) is 4.63. The van der Waals surface area contributed by atoms with E-state index in [1.165, 1.54) is 6.42 Å². The maximum atomic E-state index is 12.6. The Morgan fingerprint density at radius 2 is 2.07 bits per heavy atom. The third kappa shape index (κ3) is 4.64. The number of carbonyl (C=O) groups excluding carboxylic acids is 2. The van der Waals surface area contributed by atoms with Crippen LogP contribution in [-0.4, -0.2) is 41.5 Å². The molecule has 27 heavy (non-hydrogen) atoms. The van der Waals surface area contributed by atoms with E-state index in [4.69, 9.17) is 4.74 Å². The largest absolute Gasteiger partial charge is 0.462 e. The molecule has 0 radical (unpaired) electrons. The fraction of sp³-hybridized carbons (Fsp3) is 0.381. The Bertz CT molecular complexity index is 805. The number of amides is 1. The van der Waals surface area contributed by atoms with Gasteiger partial charge in [0.05, 0.1) is 29.7 Å². The van der Waals surface area contributed by atoms with E-state index in [1.54, 1.807) is 43.5 Å². The number of aromatic nitrogens is 1. The molecule has 1 N–H and O–H groups in total. The zero-order valence-electron chi connectivity index (χ0n) is 15.8. The molecule has 1 aliphatic rings. The van der Waals surface area contributed by atoms with E-state index < -0.39 is 0 Å². The summed E-state index contributed by atoms with van der Waals surface area (Å²) in [7, 11) is 0. The SMILES string of the molecule is CCOC(=O)c1ccccc1Nc1ccc(C(=O)N2CCCC(C)C2)nc1. The second-order valence-electron chi connectivity index (χ2n) is 6.82. The molecule has 0 bridgehead atoms. The minimum atomic E-state index is -0.375. The summed E-state index contributed by atoms with van der Waals surface area (Å²) in [5, 5.41) is 3.18.